The van der Waals surface area contributed by atoms with Crippen molar-refractivity contribution in [3.05, 3.63) is 30.1 Å². The number of hydrogen-bond donors (Lipinski definition) is 2. The van der Waals surface area contributed by atoms with Crippen molar-refractivity contribution in [3.63, 3.8) is 0 Å². The van der Waals surface area contributed by atoms with E-state index >= 15 is 0 Å². The summed E-state index contributed by atoms with van der Waals surface area (Å²) in [6.07, 6.45) is 5.44. The number of nitrogens with zero attached hydrogens (tertiary/aromatic N) is 3. The molecule has 35 heavy (non-hydrogen) atoms. The first kappa shape index (κ1) is 25.0. The quantitative estimate of drug-likeness (QED) is 0.383. The number of amides is 1. The lowest BCUT2D eigenvalue weighted by Crippen LogP contribution is -2.26. The van der Waals surface area contributed by atoms with Crippen LogP contribution in [-0.2, 0) is 21.3 Å². The molecule has 1 atom stereocenters. The number of carbonyl (C=O) groups is 1. The minimum absolute atomic E-state index is 0.0538. The number of pyridine rings is 1. The number of benzene rings is 1. The van der Waals surface area contributed by atoms with Gasteiger partial charge in [0.05, 0.1) is 58.9 Å². The molecule has 1 unspecified atom stereocenters. The van der Waals surface area contributed by atoms with Crippen molar-refractivity contribution in [2.45, 2.75) is 50.4 Å². The molecule has 0 saturated heterocycles. The van der Waals surface area contributed by atoms with E-state index in [0.29, 0.717) is 27.9 Å². The Morgan fingerprint density at radius 1 is 1.20 bits per heavy atom. The summed E-state index contributed by atoms with van der Waals surface area (Å²) in [5, 5.41) is 3.47. The molecule has 10 heteroatoms. The van der Waals surface area contributed by atoms with Gasteiger partial charge < -0.3 is 24.7 Å². The molecular weight excluding hydrogens is 466 g/mol. The number of hydrogen-bond acceptors (Lipinski definition) is 7. The number of carbonyl (C=O) groups excluding carboxylic acids is 1. The molecule has 188 valence electrons. The van der Waals surface area contributed by atoms with Crippen LogP contribution in [0.15, 0.2) is 29.6 Å². The highest BCUT2D eigenvalue weighted by molar-refractivity contribution is 7.84. The van der Waals surface area contributed by atoms with Crippen LogP contribution >= 0.6 is 0 Å². The molecule has 1 saturated carbocycles. The molecule has 3 aromatic rings. The first-order valence-corrected chi connectivity index (χ1v) is 13.3. The number of rotatable bonds is 12. The number of imidazole rings is 1. The summed E-state index contributed by atoms with van der Waals surface area (Å²) >= 11 is 0. The van der Waals surface area contributed by atoms with E-state index in [1.54, 1.807) is 19.4 Å². The Labute approximate surface area is 208 Å². The van der Waals surface area contributed by atoms with Crippen molar-refractivity contribution in [1.82, 2.24) is 15.0 Å². The van der Waals surface area contributed by atoms with Gasteiger partial charge in [0.25, 0.3) is 0 Å². The molecule has 2 aromatic heterocycles. The Morgan fingerprint density at radius 2 is 1.94 bits per heavy atom. The maximum atomic E-state index is 13.2. The third-order valence-electron chi connectivity index (χ3n) is 5.96. The van der Waals surface area contributed by atoms with Crippen molar-refractivity contribution >= 4 is 39.1 Å². The molecule has 1 fully saturated rings. The Bertz CT molecular complexity index is 1220. The van der Waals surface area contributed by atoms with Crippen LogP contribution in [-0.4, -0.2) is 52.4 Å². The molecular formula is C25H33N5O4S. The van der Waals surface area contributed by atoms with Crippen LogP contribution in [0.1, 0.15) is 45.2 Å². The number of H-pyrrole nitrogens is 1. The van der Waals surface area contributed by atoms with E-state index in [-0.39, 0.29) is 17.6 Å². The molecule has 9 nitrogen and oxygen atoms in total. The van der Waals surface area contributed by atoms with Gasteiger partial charge in [-0.3, -0.25) is 14.0 Å². The third-order valence-corrected chi connectivity index (χ3v) is 7.12. The second-order valence-electron chi connectivity index (χ2n) is 8.66. The summed E-state index contributed by atoms with van der Waals surface area (Å²) in [5.41, 5.74) is 3.65. The van der Waals surface area contributed by atoms with E-state index in [1.165, 1.54) is 7.11 Å². The van der Waals surface area contributed by atoms with E-state index in [2.05, 4.69) is 39.0 Å². The van der Waals surface area contributed by atoms with E-state index in [1.807, 2.05) is 12.1 Å². The first-order valence-electron chi connectivity index (χ1n) is 12.0. The highest BCUT2D eigenvalue weighted by Gasteiger charge is 2.30. The lowest BCUT2D eigenvalue weighted by Gasteiger charge is -2.26. The number of aromatic nitrogens is 3. The molecule has 1 amide bonds. The second kappa shape index (κ2) is 11.1. The third kappa shape index (κ3) is 5.58. The van der Waals surface area contributed by atoms with E-state index in [4.69, 9.17) is 9.47 Å². The normalized spacial score (nSPS) is 14.1. The molecule has 0 radical (unpaired) electrons. The molecule has 0 bridgehead atoms. The van der Waals surface area contributed by atoms with Crippen molar-refractivity contribution in [1.29, 1.82) is 0 Å². The summed E-state index contributed by atoms with van der Waals surface area (Å²) in [4.78, 5) is 27.0. The van der Waals surface area contributed by atoms with Gasteiger partial charge in [-0.15, -0.1) is 0 Å². The Balaban J connectivity index is 1.68. The predicted octanol–water partition coefficient (Wildman–Crippen LogP) is 4.26. The van der Waals surface area contributed by atoms with Crippen molar-refractivity contribution in [2.24, 2.45) is 5.92 Å². The topological polar surface area (TPSA) is 109 Å². The van der Waals surface area contributed by atoms with Crippen LogP contribution in [0.4, 0.5) is 11.4 Å². The predicted molar refractivity (Wildman–Crippen MR) is 138 cm³/mol. The summed E-state index contributed by atoms with van der Waals surface area (Å²) in [6.45, 7) is 6.02. The zero-order valence-electron chi connectivity index (χ0n) is 20.7. The van der Waals surface area contributed by atoms with Gasteiger partial charge in [-0.25, -0.2) is 4.98 Å². The van der Waals surface area contributed by atoms with Crippen LogP contribution in [0.5, 0.6) is 11.5 Å². The Hall–Kier alpha value is -3.14. The van der Waals surface area contributed by atoms with Crippen LogP contribution in [0.3, 0.4) is 0 Å². The molecule has 1 aliphatic carbocycles. The minimum atomic E-state index is -1.49. The molecule has 1 aliphatic rings. The van der Waals surface area contributed by atoms with E-state index < -0.39 is 10.8 Å². The fourth-order valence-corrected chi connectivity index (χ4v) is 5.13. The smallest absolute Gasteiger partial charge is 0.227 e. The molecule has 1 aromatic carbocycles. The highest BCUT2D eigenvalue weighted by atomic mass is 32.2. The monoisotopic (exact) mass is 499 g/mol. The van der Waals surface area contributed by atoms with Gasteiger partial charge >= 0.3 is 0 Å². The van der Waals surface area contributed by atoms with Gasteiger partial charge in [-0.05, 0) is 37.8 Å². The standard InChI is InChI=1S/C25H33N5O4S/c1-5-11-30(12-6-2)21-14-18-17(13-19(21)27-24(31)16-7-8-16)28-25(29-18)35(32)15-20-23(34-4)22(33-3)9-10-26-20/h9-10,13-14,16H,5-8,11-12,15H2,1-4H3,(H,27,31)(H,28,29). The van der Waals surface area contributed by atoms with Crippen LogP contribution < -0.4 is 19.7 Å². The minimum Gasteiger partial charge on any atom is -0.493 e. The summed E-state index contributed by atoms with van der Waals surface area (Å²) in [6, 6.07) is 5.58. The van der Waals surface area contributed by atoms with Gasteiger partial charge in [0.1, 0.15) is 0 Å². The number of methoxy groups -OCH3 is 2. The Kier molecular flexibility index (Phi) is 7.90. The van der Waals surface area contributed by atoms with Gasteiger partial charge in [-0.2, -0.15) is 0 Å². The molecule has 0 aliphatic heterocycles. The van der Waals surface area contributed by atoms with E-state index in [9.17, 15) is 9.00 Å². The number of fused-ring (bicyclic) bond motifs is 1. The zero-order chi connectivity index (χ0) is 24.9. The Morgan fingerprint density at radius 3 is 2.57 bits per heavy atom. The number of anilines is 2. The fraction of sp³-hybridized carbons (Fsp3) is 0.480. The van der Waals surface area contributed by atoms with Gasteiger partial charge in [0.15, 0.2) is 16.7 Å². The SMILES string of the molecule is CCCN(CCC)c1cc2nc(S(=O)Cc3nccc(OC)c3OC)[nH]c2cc1NC(=O)C1CC1. The first-order chi connectivity index (χ1) is 17.0. The van der Waals surface area contributed by atoms with Crippen LogP contribution in [0.2, 0.25) is 0 Å². The van der Waals surface area contributed by atoms with Gasteiger partial charge in [0, 0.05) is 31.3 Å². The highest BCUT2D eigenvalue weighted by Crippen LogP contribution is 2.36. The summed E-state index contributed by atoms with van der Waals surface area (Å²) in [5.74, 6) is 1.27. The average Bonchev–Trinajstić information content (AvgIpc) is 3.63. The fourth-order valence-electron chi connectivity index (χ4n) is 4.11. The lowest BCUT2D eigenvalue weighted by atomic mass is 10.2. The lowest BCUT2D eigenvalue weighted by molar-refractivity contribution is -0.117. The van der Waals surface area contributed by atoms with Crippen molar-refractivity contribution < 1.29 is 18.5 Å². The second-order valence-corrected chi connectivity index (χ2v) is 10.0. The van der Waals surface area contributed by atoms with Gasteiger partial charge in [-0.1, -0.05) is 13.8 Å². The average molecular weight is 500 g/mol. The maximum Gasteiger partial charge on any atom is 0.227 e. The summed E-state index contributed by atoms with van der Waals surface area (Å²) < 4.78 is 24.0. The number of nitrogens with one attached hydrogen (secondary N) is 2. The molecule has 2 heterocycles. The van der Waals surface area contributed by atoms with Crippen molar-refractivity contribution in [2.75, 3.05) is 37.5 Å². The summed E-state index contributed by atoms with van der Waals surface area (Å²) in [7, 11) is 1.59. The van der Waals surface area contributed by atoms with Crippen LogP contribution in [0, 0.1) is 5.92 Å². The van der Waals surface area contributed by atoms with Crippen LogP contribution in [0.25, 0.3) is 11.0 Å². The zero-order valence-corrected chi connectivity index (χ0v) is 21.5. The number of aromatic amines is 1. The number of ether oxygens (including phenoxy) is 2. The largest absolute Gasteiger partial charge is 0.493 e. The van der Waals surface area contributed by atoms with E-state index in [0.717, 1.165) is 55.7 Å². The molecule has 4 rings (SSSR count). The van der Waals surface area contributed by atoms with Gasteiger partial charge in [0.2, 0.25) is 5.91 Å². The van der Waals surface area contributed by atoms with Crippen molar-refractivity contribution in [3.8, 4) is 11.5 Å². The maximum absolute atomic E-state index is 13.2. The molecule has 0 spiro atoms. The molecule has 2 N–H and O–H groups in total.